The van der Waals surface area contributed by atoms with E-state index in [2.05, 4.69) is 66.8 Å². The second-order valence-electron chi connectivity index (χ2n) is 10.7. The lowest BCUT2D eigenvalue weighted by Gasteiger charge is -2.29. The molecule has 5 rings (SSSR count). The number of benzene rings is 2. The first kappa shape index (κ1) is 23.8. The molecule has 0 radical (unpaired) electrons. The summed E-state index contributed by atoms with van der Waals surface area (Å²) in [5.74, 6) is -1.06. The maximum Gasteiger partial charge on any atom is 0.322 e. The fourth-order valence-electron chi connectivity index (χ4n) is 5.88. The fourth-order valence-corrected chi connectivity index (χ4v) is 5.88. The molecule has 0 amide bonds. The molecule has 2 N–H and O–H groups in total. The van der Waals surface area contributed by atoms with Gasteiger partial charge in [-0.25, -0.2) is 0 Å². The Bertz CT molecular complexity index is 1450. The van der Waals surface area contributed by atoms with Crippen LogP contribution >= 0.6 is 0 Å². The highest BCUT2D eigenvalue weighted by Crippen LogP contribution is 2.48. The van der Waals surface area contributed by atoms with Crippen LogP contribution in [0.15, 0.2) is 83.2 Å². The highest BCUT2D eigenvalue weighted by Gasteiger charge is 2.46. The topological polar surface area (TPSA) is 72.7 Å². The van der Waals surface area contributed by atoms with E-state index in [0.29, 0.717) is 16.8 Å². The number of hydrogen-bond donors (Lipinski definition) is 2. The van der Waals surface area contributed by atoms with Crippen LogP contribution in [-0.2, 0) is 20.4 Å². The Morgan fingerprint density at radius 1 is 1.00 bits per heavy atom. The number of nitrogens with one attached hydrogen (secondary N) is 1. The van der Waals surface area contributed by atoms with E-state index in [9.17, 15) is 14.7 Å². The van der Waals surface area contributed by atoms with Gasteiger partial charge in [-0.1, -0.05) is 50.2 Å². The molecule has 2 aromatic rings. The first-order chi connectivity index (χ1) is 17.0. The van der Waals surface area contributed by atoms with Crippen LogP contribution in [0.2, 0.25) is 0 Å². The van der Waals surface area contributed by atoms with E-state index >= 15 is 0 Å². The predicted molar refractivity (Wildman–Crippen MR) is 142 cm³/mol. The quantitative estimate of drug-likeness (QED) is 0.487. The SMILES string of the molecule is CN1C(=CC2=C(NCC(=O)O)C(=CC3=[N+](C)c4ccccc4C3(C)C)C2=O)C(C)(C)c2ccccc21. The molecule has 6 nitrogen and oxygen atoms in total. The highest BCUT2D eigenvalue weighted by atomic mass is 16.4. The van der Waals surface area contributed by atoms with Crippen molar-refractivity contribution >= 4 is 28.8 Å². The van der Waals surface area contributed by atoms with Crippen molar-refractivity contribution in [2.45, 2.75) is 38.5 Å². The molecule has 36 heavy (non-hydrogen) atoms. The number of hydrogen-bond acceptors (Lipinski definition) is 4. The second kappa shape index (κ2) is 8.05. The third kappa shape index (κ3) is 3.35. The molecule has 2 heterocycles. The number of likely N-dealkylation sites (N-methyl/N-ethyl adjacent to an activating group) is 1. The van der Waals surface area contributed by atoms with Gasteiger partial charge in [0.1, 0.15) is 13.6 Å². The molecular weight excluding hydrogens is 450 g/mol. The molecule has 0 saturated carbocycles. The lowest BCUT2D eigenvalue weighted by atomic mass is 9.77. The zero-order chi connectivity index (χ0) is 26.0. The van der Waals surface area contributed by atoms with Crippen LogP contribution in [0.5, 0.6) is 0 Å². The van der Waals surface area contributed by atoms with Gasteiger partial charge < -0.3 is 15.3 Å². The van der Waals surface area contributed by atoms with Crippen LogP contribution in [-0.4, -0.2) is 47.8 Å². The van der Waals surface area contributed by atoms with Crippen LogP contribution in [0.4, 0.5) is 11.4 Å². The molecular formula is C30H32N3O3+. The summed E-state index contributed by atoms with van der Waals surface area (Å²) in [4.78, 5) is 27.1. The molecule has 2 aliphatic heterocycles. The number of carbonyl (C=O) groups is 2. The van der Waals surface area contributed by atoms with Crippen molar-refractivity contribution in [1.29, 1.82) is 0 Å². The van der Waals surface area contributed by atoms with Crippen molar-refractivity contribution < 1.29 is 19.3 Å². The molecule has 0 saturated heterocycles. The van der Waals surface area contributed by atoms with Gasteiger partial charge in [0.05, 0.1) is 16.7 Å². The highest BCUT2D eigenvalue weighted by molar-refractivity contribution is 6.24. The van der Waals surface area contributed by atoms with Crippen molar-refractivity contribution in [1.82, 2.24) is 5.32 Å². The summed E-state index contributed by atoms with van der Waals surface area (Å²) in [6.07, 6.45) is 3.85. The van der Waals surface area contributed by atoms with Gasteiger partial charge in [0.15, 0.2) is 11.5 Å². The molecule has 1 aliphatic carbocycles. The Kier molecular flexibility index (Phi) is 5.32. The number of carboxylic acid groups (broad SMARTS) is 1. The van der Waals surface area contributed by atoms with Gasteiger partial charge in [-0.15, -0.1) is 0 Å². The molecule has 3 aliphatic rings. The van der Waals surface area contributed by atoms with Crippen molar-refractivity contribution in [3.8, 4) is 0 Å². The molecule has 184 valence electrons. The van der Waals surface area contributed by atoms with Crippen LogP contribution in [0.3, 0.4) is 0 Å². The molecule has 0 unspecified atom stereocenters. The number of fused-ring (bicyclic) bond motifs is 2. The summed E-state index contributed by atoms with van der Waals surface area (Å²) in [6, 6.07) is 16.5. The Morgan fingerprint density at radius 2 is 1.64 bits per heavy atom. The largest absolute Gasteiger partial charge is 0.480 e. The van der Waals surface area contributed by atoms with E-state index in [4.69, 9.17) is 0 Å². The Hall–Kier alpha value is -3.93. The number of nitrogens with zero attached hydrogens (tertiary/aromatic N) is 2. The summed E-state index contributed by atoms with van der Waals surface area (Å²) >= 11 is 0. The van der Waals surface area contributed by atoms with E-state index in [1.807, 2.05) is 50.5 Å². The van der Waals surface area contributed by atoms with Crippen LogP contribution in [0, 0.1) is 0 Å². The predicted octanol–water partition coefficient (Wildman–Crippen LogP) is 4.44. The first-order valence-corrected chi connectivity index (χ1v) is 12.2. The molecule has 0 atom stereocenters. The van der Waals surface area contributed by atoms with Crippen molar-refractivity contribution in [3.63, 3.8) is 0 Å². The number of anilines is 1. The van der Waals surface area contributed by atoms with Gasteiger partial charge in [-0.2, -0.15) is 4.58 Å². The lowest BCUT2D eigenvalue weighted by Crippen LogP contribution is -2.37. The van der Waals surface area contributed by atoms with E-state index in [1.54, 1.807) is 0 Å². The van der Waals surface area contributed by atoms with E-state index < -0.39 is 5.97 Å². The summed E-state index contributed by atoms with van der Waals surface area (Å²) in [7, 11) is 4.01. The second-order valence-corrected chi connectivity index (χ2v) is 10.7. The first-order valence-electron chi connectivity index (χ1n) is 12.2. The van der Waals surface area contributed by atoms with Gasteiger partial charge in [-0.3, -0.25) is 9.59 Å². The standard InChI is InChI=1S/C30H31N3O3/c1-29(2)20-11-7-9-13-22(20)32(5)24(29)15-18-27(31-17-26(34)35)19(28(18)36)16-25-30(3,4)21-12-8-10-14-23(21)33(25)6/h7-16H,17H2,1-6H3,(H-,31,34,35,36)/p+1. The normalized spacial score (nSPS) is 21.7. The zero-order valence-electron chi connectivity index (χ0n) is 21.6. The van der Waals surface area contributed by atoms with Crippen molar-refractivity contribution in [3.05, 3.63) is 94.4 Å². The maximum absolute atomic E-state index is 13.6. The molecule has 0 spiro atoms. The zero-order valence-corrected chi connectivity index (χ0v) is 21.6. The molecule has 0 fully saturated rings. The monoisotopic (exact) mass is 482 g/mol. The molecule has 0 aromatic heterocycles. The Morgan fingerprint density at radius 3 is 2.28 bits per heavy atom. The number of rotatable bonds is 5. The fraction of sp³-hybridized carbons (Fsp3) is 0.300. The lowest BCUT2D eigenvalue weighted by molar-refractivity contribution is -0.401. The van der Waals surface area contributed by atoms with Crippen molar-refractivity contribution in [2.24, 2.45) is 0 Å². The maximum atomic E-state index is 13.6. The molecule has 2 aromatic carbocycles. The van der Waals surface area contributed by atoms with Crippen molar-refractivity contribution in [2.75, 3.05) is 25.5 Å². The van der Waals surface area contributed by atoms with Crippen LogP contribution < -0.4 is 10.2 Å². The van der Waals surface area contributed by atoms with E-state index in [-0.39, 0.29) is 23.2 Å². The van der Waals surface area contributed by atoms with Gasteiger partial charge in [-0.05, 0) is 31.6 Å². The minimum Gasteiger partial charge on any atom is -0.480 e. The minimum absolute atomic E-state index is 0.0804. The molecule has 0 bridgehead atoms. The number of carboxylic acids is 1. The number of carbonyl (C=O) groups excluding carboxylic acids is 1. The third-order valence-electron chi connectivity index (χ3n) is 7.89. The van der Waals surface area contributed by atoms with Crippen LogP contribution in [0.1, 0.15) is 38.8 Å². The number of allylic oxidation sites excluding steroid dienone is 5. The van der Waals surface area contributed by atoms with Gasteiger partial charge in [0.25, 0.3) is 0 Å². The smallest absolute Gasteiger partial charge is 0.322 e. The van der Waals surface area contributed by atoms with Gasteiger partial charge >= 0.3 is 5.97 Å². The number of para-hydroxylation sites is 2. The molecule has 6 heteroatoms. The number of aliphatic carboxylic acids is 1. The summed E-state index contributed by atoms with van der Waals surface area (Å²) < 4.78 is 2.12. The van der Waals surface area contributed by atoms with Gasteiger partial charge in [0.2, 0.25) is 5.69 Å². The van der Waals surface area contributed by atoms with E-state index in [0.717, 1.165) is 22.8 Å². The average Bonchev–Trinajstić information content (AvgIpc) is 3.16. The summed E-state index contributed by atoms with van der Waals surface area (Å²) in [6.45, 7) is 8.33. The number of ketones is 1. The summed E-state index contributed by atoms with van der Waals surface area (Å²) in [5, 5.41) is 12.4. The Labute approximate surface area is 212 Å². The summed E-state index contributed by atoms with van der Waals surface area (Å²) in [5.41, 5.74) is 7.65. The third-order valence-corrected chi connectivity index (χ3v) is 7.89. The Balaban J connectivity index is 1.61. The minimum atomic E-state index is -0.975. The van der Waals surface area contributed by atoms with Gasteiger partial charge in [0, 0.05) is 47.1 Å². The average molecular weight is 483 g/mol. The number of Topliss-reactive ketones (excluding diaryl/α,β-unsaturated/α-hetero) is 1. The van der Waals surface area contributed by atoms with E-state index in [1.165, 1.54) is 11.1 Å². The van der Waals surface area contributed by atoms with Crippen LogP contribution in [0.25, 0.3) is 0 Å².